The number of carboxylic acid groups (broad SMARTS) is 1. The van der Waals surface area contributed by atoms with Crippen LogP contribution in [0.1, 0.15) is 44.9 Å². The van der Waals surface area contributed by atoms with Crippen LogP contribution < -0.4 is 4.72 Å². The van der Waals surface area contributed by atoms with Gasteiger partial charge in [0.05, 0.1) is 4.75 Å². The first kappa shape index (κ1) is 17.4. The SMILES string of the molecule is CC(NS(=O)(=O)C(C)(C)C)c1ccc(C=CC(=O)O)cc1. The summed E-state index contributed by atoms with van der Waals surface area (Å²) in [6.07, 6.45) is 2.54. The topological polar surface area (TPSA) is 83.5 Å². The quantitative estimate of drug-likeness (QED) is 0.819. The van der Waals surface area contributed by atoms with Crippen LogP contribution in [0.25, 0.3) is 6.08 Å². The maximum atomic E-state index is 12.1. The molecule has 116 valence electrons. The Morgan fingerprint density at radius 3 is 2.19 bits per heavy atom. The molecule has 5 nitrogen and oxygen atoms in total. The van der Waals surface area contributed by atoms with Crippen LogP contribution in [0.15, 0.2) is 30.3 Å². The van der Waals surface area contributed by atoms with E-state index in [0.29, 0.717) is 0 Å². The summed E-state index contributed by atoms with van der Waals surface area (Å²) in [5, 5.41) is 8.56. The molecular weight excluding hydrogens is 290 g/mol. The Labute approximate surface area is 125 Å². The molecule has 0 fully saturated rings. The van der Waals surface area contributed by atoms with Crippen LogP contribution in [0.2, 0.25) is 0 Å². The lowest BCUT2D eigenvalue weighted by Gasteiger charge is -2.23. The third-order valence-corrected chi connectivity index (χ3v) is 5.27. The first-order chi connectivity index (χ1) is 9.53. The molecule has 21 heavy (non-hydrogen) atoms. The third-order valence-electron chi connectivity index (χ3n) is 2.99. The van der Waals surface area contributed by atoms with Gasteiger partial charge in [-0.1, -0.05) is 24.3 Å². The lowest BCUT2D eigenvalue weighted by molar-refractivity contribution is -0.131. The molecule has 0 saturated carbocycles. The van der Waals surface area contributed by atoms with E-state index in [1.165, 1.54) is 6.08 Å². The first-order valence-corrected chi connectivity index (χ1v) is 8.04. The smallest absolute Gasteiger partial charge is 0.328 e. The second-order valence-electron chi connectivity index (χ2n) is 5.79. The van der Waals surface area contributed by atoms with Crippen molar-refractivity contribution >= 4 is 22.1 Å². The second kappa shape index (κ2) is 6.41. The second-order valence-corrected chi connectivity index (χ2v) is 8.26. The van der Waals surface area contributed by atoms with Crippen LogP contribution in [0.4, 0.5) is 0 Å². The van der Waals surface area contributed by atoms with E-state index in [0.717, 1.165) is 17.2 Å². The van der Waals surface area contributed by atoms with Gasteiger partial charge in [0.15, 0.2) is 0 Å². The fraction of sp³-hybridized carbons (Fsp3) is 0.400. The van der Waals surface area contributed by atoms with Gasteiger partial charge in [-0.25, -0.2) is 17.9 Å². The van der Waals surface area contributed by atoms with Gasteiger partial charge < -0.3 is 5.11 Å². The minimum Gasteiger partial charge on any atom is -0.478 e. The molecule has 0 aliphatic rings. The highest BCUT2D eigenvalue weighted by Crippen LogP contribution is 2.20. The summed E-state index contributed by atoms with van der Waals surface area (Å²) in [5.74, 6) is -1.01. The van der Waals surface area contributed by atoms with Gasteiger partial charge in [-0.05, 0) is 44.9 Å². The number of benzene rings is 1. The molecule has 0 bridgehead atoms. The number of rotatable bonds is 5. The molecule has 1 aromatic rings. The van der Waals surface area contributed by atoms with E-state index in [-0.39, 0.29) is 6.04 Å². The molecule has 0 aliphatic heterocycles. The molecule has 0 saturated heterocycles. The van der Waals surface area contributed by atoms with Crippen molar-refractivity contribution in [3.05, 3.63) is 41.5 Å². The van der Waals surface area contributed by atoms with Crippen molar-refractivity contribution in [3.8, 4) is 0 Å². The Balaban J connectivity index is 2.86. The van der Waals surface area contributed by atoms with E-state index in [9.17, 15) is 13.2 Å². The lowest BCUT2D eigenvalue weighted by Crippen LogP contribution is -2.40. The number of carbonyl (C=O) groups is 1. The molecule has 0 spiro atoms. The molecule has 1 atom stereocenters. The van der Waals surface area contributed by atoms with Gasteiger partial charge in [-0.2, -0.15) is 0 Å². The number of carboxylic acids is 1. The molecule has 1 aromatic carbocycles. The summed E-state index contributed by atoms with van der Waals surface area (Å²) in [4.78, 5) is 10.4. The molecular formula is C15H21NO4S. The number of hydrogen-bond acceptors (Lipinski definition) is 3. The van der Waals surface area contributed by atoms with E-state index in [4.69, 9.17) is 5.11 Å². The molecule has 1 rings (SSSR count). The molecule has 6 heteroatoms. The van der Waals surface area contributed by atoms with E-state index in [1.807, 2.05) is 0 Å². The van der Waals surface area contributed by atoms with Crippen molar-refractivity contribution in [3.63, 3.8) is 0 Å². The Kier molecular flexibility index (Phi) is 5.31. The zero-order valence-corrected chi connectivity index (χ0v) is 13.4. The van der Waals surface area contributed by atoms with Crippen molar-refractivity contribution in [2.45, 2.75) is 38.5 Å². The molecule has 0 aromatic heterocycles. The van der Waals surface area contributed by atoms with Crippen molar-refractivity contribution < 1.29 is 18.3 Å². The minimum atomic E-state index is -3.42. The molecule has 1 unspecified atom stereocenters. The maximum Gasteiger partial charge on any atom is 0.328 e. The monoisotopic (exact) mass is 311 g/mol. The molecule has 2 N–H and O–H groups in total. The zero-order chi connectivity index (χ0) is 16.3. The zero-order valence-electron chi connectivity index (χ0n) is 12.6. The summed E-state index contributed by atoms with van der Waals surface area (Å²) in [5.41, 5.74) is 1.56. The minimum absolute atomic E-state index is 0.355. The fourth-order valence-corrected chi connectivity index (χ4v) is 2.50. The van der Waals surface area contributed by atoms with Crippen LogP contribution in [-0.4, -0.2) is 24.2 Å². The highest BCUT2D eigenvalue weighted by Gasteiger charge is 2.30. The summed E-state index contributed by atoms with van der Waals surface area (Å²) in [7, 11) is -3.42. The average molecular weight is 311 g/mol. The van der Waals surface area contributed by atoms with Gasteiger partial charge in [0.2, 0.25) is 10.0 Å². The van der Waals surface area contributed by atoms with Gasteiger partial charge in [0.25, 0.3) is 0 Å². The Morgan fingerprint density at radius 1 is 1.24 bits per heavy atom. The van der Waals surface area contributed by atoms with E-state index < -0.39 is 20.7 Å². The standard InChI is InChI=1S/C15H21NO4S/c1-11(16-21(19,20)15(2,3)4)13-8-5-12(6-9-13)7-10-14(17)18/h5-11,16H,1-4H3,(H,17,18). The maximum absolute atomic E-state index is 12.1. The predicted molar refractivity (Wildman–Crippen MR) is 83.3 cm³/mol. The number of aliphatic carboxylic acids is 1. The van der Waals surface area contributed by atoms with Crippen LogP contribution in [0.3, 0.4) is 0 Å². The summed E-state index contributed by atoms with van der Waals surface area (Å²) in [6, 6.07) is 6.69. The Morgan fingerprint density at radius 2 is 1.76 bits per heavy atom. The van der Waals surface area contributed by atoms with E-state index in [2.05, 4.69) is 4.72 Å². The van der Waals surface area contributed by atoms with E-state index >= 15 is 0 Å². The first-order valence-electron chi connectivity index (χ1n) is 6.56. The Hall–Kier alpha value is -1.66. The van der Waals surface area contributed by atoms with Gasteiger partial charge in [0, 0.05) is 12.1 Å². The number of sulfonamides is 1. The van der Waals surface area contributed by atoms with Crippen molar-refractivity contribution in [1.29, 1.82) is 0 Å². The normalized spacial score (nSPS) is 14.3. The van der Waals surface area contributed by atoms with Crippen LogP contribution in [0.5, 0.6) is 0 Å². The predicted octanol–water partition coefficient (Wildman–Crippen LogP) is 2.56. The molecule has 0 heterocycles. The van der Waals surface area contributed by atoms with Gasteiger partial charge in [-0.3, -0.25) is 0 Å². The summed E-state index contributed by atoms with van der Waals surface area (Å²) >= 11 is 0. The van der Waals surface area contributed by atoms with Crippen molar-refractivity contribution in [2.24, 2.45) is 0 Å². The molecule has 0 amide bonds. The van der Waals surface area contributed by atoms with Gasteiger partial charge >= 0.3 is 5.97 Å². The average Bonchev–Trinajstić information content (AvgIpc) is 2.35. The highest BCUT2D eigenvalue weighted by atomic mass is 32.2. The Bertz CT molecular complexity index is 625. The van der Waals surface area contributed by atoms with Gasteiger partial charge in [-0.15, -0.1) is 0 Å². The molecule has 0 aliphatic carbocycles. The van der Waals surface area contributed by atoms with Crippen molar-refractivity contribution in [2.75, 3.05) is 0 Å². The number of nitrogens with one attached hydrogen (secondary N) is 1. The summed E-state index contributed by atoms with van der Waals surface area (Å²) in [6.45, 7) is 6.69. The van der Waals surface area contributed by atoms with Gasteiger partial charge in [0.1, 0.15) is 0 Å². The lowest BCUT2D eigenvalue weighted by atomic mass is 10.1. The third kappa shape index (κ3) is 4.99. The highest BCUT2D eigenvalue weighted by molar-refractivity contribution is 7.90. The van der Waals surface area contributed by atoms with E-state index in [1.54, 1.807) is 52.0 Å². The fourth-order valence-electron chi connectivity index (χ4n) is 1.54. The molecule has 0 radical (unpaired) electrons. The summed E-state index contributed by atoms with van der Waals surface area (Å²) < 4.78 is 26.0. The van der Waals surface area contributed by atoms with Crippen LogP contribution >= 0.6 is 0 Å². The van der Waals surface area contributed by atoms with Crippen LogP contribution in [0, 0.1) is 0 Å². The largest absolute Gasteiger partial charge is 0.478 e. The number of hydrogen-bond donors (Lipinski definition) is 2. The van der Waals surface area contributed by atoms with Crippen molar-refractivity contribution in [1.82, 2.24) is 4.72 Å². The van der Waals surface area contributed by atoms with Crippen LogP contribution in [-0.2, 0) is 14.8 Å².